The number of likely N-dealkylation sites (N-methyl/N-ethyl adjacent to an activating group) is 1. The second kappa shape index (κ2) is 10.8. The number of hydrogen-bond acceptors (Lipinski definition) is 5. The number of carbonyl (C=O) groups is 1. The number of fused-ring (bicyclic) bond motifs is 1. The molecule has 2 heterocycles. The lowest BCUT2D eigenvalue weighted by molar-refractivity contribution is 0.0717. The first kappa shape index (κ1) is 23.2. The Bertz CT molecular complexity index is 1100. The van der Waals surface area contributed by atoms with Gasteiger partial charge in [-0.25, -0.2) is 0 Å². The lowest BCUT2D eigenvalue weighted by Gasteiger charge is -2.33. The highest BCUT2D eigenvalue weighted by atomic mass is 16.5. The molecule has 1 aliphatic rings. The predicted molar refractivity (Wildman–Crippen MR) is 133 cm³/mol. The zero-order chi connectivity index (χ0) is 23.2. The maximum absolute atomic E-state index is 12.7. The zero-order valence-electron chi connectivity index (χ0n) is 19.5. The lowest BCUT2D eigenvalue weighted by Crippen LogP contribution is -2.47. The maximum atomic E-state index is 12.7. The smallest absolute Gasteiger partial charge is 0.185 e. The third-order valence-electron chi connectivity index (χ3n) is 6.16. The molecule has 1 aliphatic heterocycles. The van der Waals surface area contributed by atoms with Crippen molar-refractivity contribution >= 4 is 22.8 Å². The molecule has 1 N–H and O–H groups in total. The van der Waals surface area contributed by atoms with E-state index in [1.54, 1.807) is 18.2 Å². The summed E-state index contributed by atoms with van der Waals surface area (Å²) in [4.78, 5) is 17.3. The van der Waals surface area contributed by atoms with E-state index in [1.165, 1.54) is 0 Å². The minimum absolute atomic E-state index is 0.0509. The molecule has 0 spiro atoms. The van der Waals surface area contributed by atoms with Crippen LogP contribution in [0.1, 0.15) is 22.8 Å². The van der Waals surface area contributed by atoms with Gasteiger partial charge in [0, 0.05) is 67.5 Å². The van der Waals surface area contributed by atoms with Gasteiger partial charge in [0.05, 0.1) is 12.7 Å². The molecule has 4 rings (SSSR count). The van der Waals surface area contributed by atoms with Crippen LogP contribution in [0.5, 0.6) is 5.75 Å². The molecule has 2 aromatic carbocycles. The Labute approximate surface area is 195 Å². The van der Waals surface area contributed by atoms with Crippen molar-refractivity contribution in [1.82, 2.24) is 14.4 Å². The Morgan fingerprint density at radius 2 is 1.79 bits per heavy atom. The molecular weight excluding hydrogens is 414 g/mol. The number of ketones is 1. The number of aliphatic hydroxyl groups is 1. The van der Waals surface area contributed by atoms with E-state index in [2.05, 4.69) is 33.5 Å². The van der Waals surface area contributed by atoms with Crippen LogP contribution in [0.4, 0.5) is 0 Å². The Hall–Kier alpha value is -2.93. The van der Waals surface area contributed by atoms with Crippen LogP contribution < -0.4 is 4.74 Å². The number of β-amino-alcohol motifs (C(OH)–C–C–N with tert-alkyl or cyclic N) is 1. The van der Waals surface area contributed by atoms with Gasteiger partial charge in [0.15, 0.2) is 5.78 Å². The van der Waals surface area contributed by atoms with Gasteiger partial charge >= 0.3 is 0 Å². The average Bonchev–Trinajstić information content (AvgIpc) is 3.17. The third-order valence-corrected chi connectivity index (χ3v) is 6.16. The van der Waals surface area contributed by atoms with Crippen molar-refractivity contribution in [3.63, 3.8) is 0 Å². The molecule has 6 heteroatoms. The van der Waals surface area contributed by atoms with Crippen LogP contribution in [-0.2, 0) is 6.54 Å². The molecule has 1 aromatic heterocycles. The van der Waals surface area contributed by atoms with Gasteiger partial charge in [0.2, 0.25) is 0 Å². The van der Waals surface area contributed by atoms with E-state index in [-0.39, 0.29) is 5.78 Å². The van der Waals surface area contributed by atoms with Crippen molar-refractivity contribution in [3.8, 4) is 5.75 Å². The molecule has 0 saturated carbocycles. The second-order valence-corrected chi connectivity index (χ2v) is 8.67. The van der Waals surface area contributed by atoms with Crippen LogP contribution in [0.3, 0.4) is 0 Å². The van der Waals surface area contributed by atoms with E-state index in [0.29, 0.717) is 25.3 Å². The molecule has 1 saturated heterocycles. The number of hydrogen-bond donors (Lipinski definition) is 1. The fourth-order valence-corrected chi connectivity index (χ4v) is 4.32. The fourth-order valence-electron chi connectivity index (χ4n) is 4.32. The summed E-state index contributed by atoms with van der Waals surface area (Å²) in [5.74, 6) is 0.709. The van der Waals surface area contributed by atoms with Crippen LogP contribution in [0, 0.1) is 0 Å². The first-order valence-electron chi connectivity index (χ1n) is 11.7. The Kier molecular flexibility index (Phi) is 7.60. The molecule has 174 valence electrons. The van der Waals surface area contributed by atoms with Crippen LogP contribution >= 0.6 is 0 Å². The summed E-state index contributed by atoms with van der Waals surface area (Å²) in [6, 6.07) is 15.3. The van der Waals surface area contributed by atoms with Gasteiger partial charge in [-0.3, -0.25) is 9.69 Å². The molecule has 1 fully saturated rings. The molecule has 3 aromatic rings. The van der Waals surface area contributed by atoms with Crippen molar-refractivity contribution in [2.24, 2.45) is 0 Å². The highest BCUT2D eigenvalue weighted by molar-refractivity contribution is 6.07. The van der Waals surface area contributed by atoms with Gasteiger partial charge in [-0.05, 0) is 56.5 Å². The summed E-state index contributed by atoms with van der Waals surface area (Å²) in [5, 5.41) is 11.8. The normalized spacial score (nSPS) is 16.5. The molecule has 0 amide bonds. The summed E-state index contributed by atoms with van der Waals surface area (Å²) < 4.78 is 7.54. The first-order chi connectivity index (χ1) is 16.0. The lowest BCUT2D eigenvalue weighted by atomic mass is 10.1. The van der Waals surface area contributed by atoms with E-state index in [9.17, 15) is 9.90 Å². The molecule has 1 atom stereocenters. The van der Waals surface area contributed by atoms with Crippen LogP contribution in [0.25, 0.3) is 17.0 Å². The molecular formula is C27H33N3O3. The number of allylic oxidation sites excluding steroid dienone is 1. The van der Waals surface area contributed by atoms with Gasteiger partial charge in [-0.15, -0.1) is 0 Å². The fraction of sp³-hybridized carbons (Fsp3) is 0.370. The van der Waals surface area contributed by atoms with Gasteiger partial charge < -0.3 is 19.3 Å². The second-order valence-electron chi connectivity index (χ2n) is 8.67. The summed E-state index contributed by atoms with van der Waals surface area (Å²) in [6.45, 7) is 7.77. The SMILES string of the molecule is CCOc1ccc(C(=O)/C=C/c2cn(C[C@@H](O)CN3CCN(C)CC3)c3ccccc23)cc1. The first-order valence-corrected chi connectivity index (χ1v) is 11.7. The Morgan fingerprint density at radius 1 is 1.06 bits per heavy atom. The van der Waals surface area contributed by atoms with Gasteiger partial charge in [-0.2, -0.15) is 0 Å². The number of para-hydroxylation sites is 1. The minimum Gasteiger partial charge on any atom is -0.494 e. The standard InChI is InChI=1S/C27H33N3O3/c1-3-33-24-11-8-21(9-12-24)27(32)13-10-22-18-30(26-7-5-4-6-25(22)26)20-23(31)19-29-16-14-28(2)15-17-29/h4-13,18,23,31H,3,14-17,19-20H2,1-2H3/b13-10+/t23-/m0/s1. The van der Waals surface area contributed by atoms with E-state index in [1.807, 2.05) is 43.5 Å². The number of aliphatic hydroxyl groups excluding tert-OH is 1. The van der Waals surface area contributed by atoms with Gasteiger partial charge in [-0.1, -0.05) is 18.2 Å². The Balaban J connectivity index is 1.46. The third kappa shape index (κ3) is 5.90. The van der Waals surface area contributed by atoms with E-state index in [0.717, 1.165) is 48.4 Å². The zero-order valence-corrected chi connectivity index (χ0v) is 19.5. The summed E-state index contributed by atoms with van der Waals surface area (Å²) in [7, 11) is 2.13. The number of ether oxygens (including phenoxy) is 1. The van der Waals surface area contributed by atoms with Crippen LogP contribution in [-0.4, -0.2) is 77.7 Å². The number of rotatable bonds is 9. The van der Waals surface area contributed by atoms with Crippen LogP contribution in [0.15, 0.2) is 60.8 Å². The molecule has 0 unspecified atom stereocenters. The highest BCUT2D eigenvalue weighted by Crippen LogP contribution is 2.23. The quantitative estimate of drug-likeness (QED) is 0.402. The molecule has 0 bridgehead atoms. The van der Waals surface area contributed by atoms with Crippen molar-refractivity contribution < 1.29 is 14.6 Å². The topological polar surface area (TPSA) is 57.9 Å². The molecule has 33 heavy (non-hydrogen) atoms. The summed E-state index contributed by atoms with van der Waals surface area (Å²) in [5.41, 5.74) is 2.65. The van der Waals surface area contributed by atoms with Gasteiger partial charge in [0.1, 0.15) is 5.75 Å². The van der Waals surface area contributed by atoms with Crippen LogP contribution in [0.2, 0.25) is 0 Å². The van der Waals surface area contributed by atoms with E-state index in [4.69, 9.17) is 4.74 Å². The van der Waals surface area contributed by atoms with Gasteiger partial charge in [0.25, 0.3) is 0 Å². The minimum atomic E-state index is -0.452. The van der Waals surface area contributed by atoms with E-state index < -0.39 is 6.10 Å². The monoisotopic (exact) mass is 447 g/mol. The summed E-state index contributed by atoms with van der Waals surface area (Å²) in [6.07, 6.45) is 5.05. The number of piperazine rings is 1. The largest absolute Gasteiger partial charge is 0.494 e. The molecule has 0 aliphatic carbocycles. The average molecular weight is 448 g/mol. The molecule has 0 radical (unpaired) electrons. The number of carbonyl (C=O) groups excluding carboxylic acids is 1. The van der Waals surface area contributed by atoms with Crippen molar-refractivity contribution in [2.75, 3.05) is 46.4 Å². The number of aromatic nitrogens is 1. The maximum Gasteiger partial charge on any atom is 0.185 e. The van der Waals surface area contributed by atoms with Crippen molar-refractivity contribution in [3.05, 3.63) is 71.9 Å². The number of benzene rings is 2. The summed E-state index contributed by atoms with van der Waals surface area (Å²) >= 11 is 0. The molecule has 6 nitrogen and oxygen atoms in total. The predicted octanol–water partition coefficient (Wildman–Crippen LogP) is 3.54. The number of nitrogens with zero attached hydrogens (tertiary/aromatic N) is 3. The van der Waals surface area contributed by atoms with E-state index >= 15 is 0 Å². The van der Waals surface area contributed by atoms with Crippen molar-refractivity contribution in [1.29, 1.82) is 0 Å². The highest BCUT2D eigenvalue weighted by Gasteiger charge is 2.18. The Morgan fingerprint density at radius 3 is 2.52 bits per heavy atom. The van der Waals surface area contributed by atoms with Crippen molar-refractivity contribution in [2.45, 2.75) is 19.6 Å².